The summed E-state index contributed by atoms with van der Waals surface area (Å²) in [5.41, 5.74) is 6.14. The lowest BCUT2D eigenvalue weighted by atomic mass is 10.0. The second-order valence-corrected chi connectivity index (χ2v) is 6.53. The second kappa shape index (κ2) is 5.57. The van der Waals surface area contributed by atoms with Gasteiger partial charge in [-0.3, -0.25) is 4.79 Å². The van der Waals surface area contributed by atoms with Crippen LogP contribution in [0.2, 0.25) is 8.67 Å². The number of thiophene rings is 1. The molecule has 1 fully saturated rings. The summed E-state index contributed by atoms with van der Waals surface area (Å²) in [5, 5.41) is 2.99. The minimum Gasteiger partial charge on any atom is -0.349 e. The topological polar surface area (TPSA) is 55.1 Å². The van der Waals surface area contributed by atoms with Crippen LogP contribution in [0.1, 0.15) is 29.6 Å². The first kappa shape index (κ1) is 13.1. The maximum Gasteiger partial charge on any atom is 0.253 e. The third-order valence-electron chi connectivity index (χ3n) is 3.18. The summed E-state index contributed by atoms with van der Waals surface area (Å²) in [6, 6.07) is 1.78. The quantitative estimate of drug-likeness (QED) is 0.900. The Morgan fingerprint density at radius 3 is 2.88 bits per heavy atom. The smallest absolute Gasteiger partial charge is 0.253 e. The van der Waals surface area contributed by atoms with E-state index in [1.54, 1.807) is 6.07 Å². The van der Waals surface area contributed by atoms with Crippen molar-refractivity contribution >= 4 is 40.4 Å². The first-order valence-corrected chi connectivity index (χ1v) is 7.15. The van der Waals surface area contributed by atoms with E-state index in [4.69, 9.17) is 28.9 Å². The van der Waals surface area contributed by atoms with E-state index in [9.17, 15) is 4.79 Å². The molecular formula is C11H14Cl2N2OS. The molecule has 0 spiro atoms. The van der Waals surface area contributed by atoms with Crippen molar-refractivity contribution in [1.82, 2.24) is 5.32 Å². The van der Waals surface area contributed by atoms with Crippen molar-refractivity contribution in [2.24, 2.45) is 11.7 Å². The Hall–Kier alpha value is -0.290. The Morgan fingerprint density at radius 1 is 1.53 bits per heavy atom. The zero-order chi connectivity index (χ0) is 12.4. The maximum atomic E-state index is 12.0. The summed E-state index contributed by atoms with van der Waals surface area (Å²) in [6.07, 6.45) is 3.19. The Kier molecular flexibility index (Phi) is 4.31. The Bertz CT molecular complexity index is 422. The van der Waals surface area contributed by atoms with Crippen molar-refractivity contribution in [2.75, 3.05) is 6.54 Å². The summed E-state index contributed by atoms with van der Waals surface area (Å²) in [5.74, 6) is 0.232. The minimum atomic E-state index is -0.150. The SMILES string of the molecule is NCC1CCCC1NC(=O)c1cc(Cl)sc1Cl. The summed E-state index contributed by atoms with van der Waals surface area (Å²) >= 11 is 13.0. The van der Waals surface area contributed by atoms with Gasteiger partial charge in [-0.05, 0) is 31.4 Å². The van der Waals surface area contributed by atoms with E-state index in [1.807, 2.05) is 0 Å². The molecule has 1 aromatic rings. The number of carbonyl (C=O) groups excluding carboxylic acids is 1. The van der Waals surface area contributed by atoms with E-state index in [0.717, 1.165) is 19.3 Å². The van der Waals surface area contributed by atoms with Gasteiger partial charge in [0.05, 0.1) is 9.90 Å². The second-order valence-electron chi connectivity index (χ2n) is 4.24. The fourth-order valence-corrected chi connectivity index (χ4v) is 3.71. The molecule has 2 atom stereocenters. The standard InChI is InChI=1S/C11H14Cl2N2OS/c12-9-4-7(10(13)17-9)11(16)15-8-3-1-2-6(8)5-14/h4,6,8H,1-3,5,14H2,(H,15,16). The number of carbonyl (C=O) groups is 1. The summed E-state index contributed by atoms with van der Waals surface area (Å²) < 4.78 is 0.969. The third kappa shape index (κ3) is 2.94. The molecule has 2 rings (SSSR count). The van der Waals surface area contributed by atoms with Crippen LogP contribution >= 0.6 is 34.5 Å². The maximum absolute atomic E-state index is 12.0. The molecule has 0 aliphatic heterocycles. The van der Waals surface area contributed by atoms with Gasteiger partial charge < -0.3 is 11.1 Å². The predicted octanol–water partition coefficient (Wildman–Crippen LogP) is 2.91. The van der Waals surface area contributed by atoms with Crippen molar-refractivity contribution in [3.8, 4) is 0 Å². The van der Waals surface area contributed by atoms with Gasteiger partial charge in [-0.1, -0.05) is 29.6 Å². The highest BCUT2D eigenvalue weighted by molar-refractivity contribution is 7.20. The van der Waals surface area contributed by atoms with E-state index in [2.05, 4.69) is 5.32 Å². The summed E-state index contributed by atoms with van der Waals surface area (Å²) in [4.78, 5) is 12.0. The molecule has 17 heavy (non-hydrogen) atoms. The highest BCUT2D eigenvalue weighted by Gasteiger charge is 2.28. The van der Waals surface area contributed by atoms with E-state index in [-0.39, 0.29) is 11.9 Å². The zero-order valence-corrected chi connectivity index (χ0v) is 11.5. The van der Waals surface area contributed by atoms with Crippen LogP contribution < -0.4 is 11.1 Å². The van der Waals surface area contributed by atoms with Crippen LogP contribution in [0.4, 0.5) is 0 Å². The van der Waals surface area contributed by atoms with E-state index in [0.29, 0.717) is 26.7 Å². The molecule has 3 nitrogen and oxygen atoms in total. The van der Waals surface area contributed by atoms with Crippen LogP contribution in [0.3, 0.4) is 0 Å². The van der Waals surface area contributed by atoms with Crippen molar-refractivity contribution in [3.05, 3.63) is 20.3 Å². The number of hydrogen-bond donors (Lipinski definition) is 2. The lowest BCUT2D eigenvalue weighted by Crippen LogP contribution is -2.39. The number of amides is 1. The van der Waals surface area contributed by atoms with Crippen LogP contribution in [-0.2, 0) is 0 Å². The van der Waals surface area contributed by atoms with Crippen LogP contribution in [0, 0.1) is 5.92 Å². The summed E-state index contributed by atoms with van der Waals surface area (Å²) in [7, 11) is 0. The average Bonchev–Trinajstić information content (AvgIpc) is 2.84. The number of halogens is 2. The summed E-state index contributed by atoms with van der Waals surface area (Å²) in [6.45, 7) is 0.614. The van der Waals surface area contributed by atoms with Gasteiger partial charge in [0.2, 0.25) is 0 Å². The molecule has 0 radical (unpaired) electrons. The largest absolute Gasteiger partial charge is 0.349 e. The fourth-order valence-electron chi connectivity index (χ4n) is 2.25. The van der Waals surface area contributed by atoms with Gasteiger partial charge in [0.15, 0.2) is 0 Å². The molecule has 1 heterocycles. The molecule has 1 aromatic heterocycles. The number of hydrogen-bond acceptors (Lipinski definition) is 3. The molecular weight excluding hydrogens is 279 g/mol. The van der Waals surface area contributed by atoms with Gasteiger partial charge in [0.25, 0.3) is 5.91 Å². The van der Waals surface area contributed by atoms with Crippen LogP contribution in [0.15, 0.2) is 6.07 Å². The van der Waals surface area contributed by atoms with E-state index >= 15 is 0 Å². The van der Waals surface area contributed by atoms with Crippen LogP contribution in [-0.4, -0.2) is 18.5 Å². The lowest BCUT2D eigenvalue weighted by molar-refractivity contribution is 0.0929. The molecule has 2 unspecified atom stereocenters. The lowest BCUT2D eigenvalue weighted by Gasteiger charge is -2.19. The van der Waals surface area contributed by atoms with Crippen molar-refractivity contribution in [2.45, 2.75) is 25.3 Å². The molecule has 0 aromatic carbocycles. The molecule has 6 heteroatoms. The molecule has 1 amide bonds. The van der Waals surface area contributed by atoms with Crippen LogP contribution in [0.5, 0.6) is 0 Å². The van der Waals surface area contributed by atoms with Gasteiger partial charge in [0.1, 0.15) is 4.34 Å². The minimum absolute atomic E-state index is 0.150. The van der Waals surface area contributed by atoms with Gasteiger partial charge in [-0.25, -0.2) is 0 Å². The normalized spacial score (nSPS) is 23.9. The monoisotopic (exact) mass is 292 g/mol. The molecule has 3 N–H and O–H groups in total. The van der Waals surface area contributed by atoms with E-state index in [1.165, 1.54) is 11.3 Å². The molecule has 0 bridgehead atoms. The predicted molar refractivity (Wildman–Crippen MR) is 72.0 cm³/mol. The van der Waals surface area contributed by atoms with Crippen LogP contribution in [0.25, 0.3) is 0 Å². The number of nitrogens with one attached hydrogen (secondary N) is 1. The van der Waals surface area contributed by atoms with E-state index < -0.39 is 0 Å². The van der Waals surface area contributed by atoms with Crippen molar-refractivity contribution in [3.63, 3.8) is 0 Å². The molecule has 1 aliphatic carbocycles. The van der Waals surface area contributed by atoms with Crippen molar-refractivity contribution < 1.29 is 4.79 Å². The average molecular weight is 293 g/mol. The Morgan fingerprint density at radius 2 is 2.29 bits per heavy atom. The first-order chi connectivity index (χ1) is 8.11. The van der Waals surface area contributed by atoms with Gasteiger partial charge in [0, 0.05) is 6.04 Å². The van der Waals surface area contributed by atoms with Gasteiger partial charge in [-0.15, -0.1) is 11.3 Å². The van der Waals surface area contributed by atoms with Gasteiger partial charge in [-0.2, -0.15) is 0 Å². The fraction of sp³-hybridized carbons (Fsp3) is 0.545. The van der Waals surface area contributed by atoms with Crippen molar-refractivity contribution in [1.29, 1.82) is 0 Å². The Labute approximate surface area is 114 Å². The highest BCUT2D eigenvalue weighted by Crippen LogP contribution is 2.32. The molecule has 0 saturated heterocycles. The highest BCUT2D eigenvalue weighted by atomic mass is 35.5. The zero-order valence-electron chi connectivity index (χ0n) is 9.21. The molecule has 1 saturated carbocycles. The molecule has 94 valence electrons. The first-order valence-electron chi connectivity index (χ1n) is 5.57. The number of nitrogens with two attached hydrogens (primary N) is 1. The number of rotatable bonds is 3. The van der Waals surface area contributed by atoms with Gasteiger partial charge >= 0.3 is 0 Å². The third-order valence-corrected chi connectivity index (χ3v) is 4.67. The molecule has 1 aliphatic rings. The Balaban J connectivity index is 2.04.